The quantitative estimate of drug-likeness (QED) is 0.691. The molecule has 0 aromatic rings. The number of likely N-dealkylation sites (tertiary alicyclic amines) is 1. The van der Waals surface area contributed by atoms with Gasteiger partial charge in [-0.05, 0) is 37.8 Å². The van der Waals surface area contributed by atoms with Crippen LogP contribution in [-0.4, -0.2) is 42.3 Å². The maximum atomic E-state index is 9.34. The van der Waals surface area contributed by atoms with Gasteiger partial charge in [-0.15, -0.1) is 0 Å². The molecule has 3 N–H and O–H groups in total. The summed E-state index contributed by atoms with van der Waals surface area (Å²) in [6.45, 7) is 8.22. The minimum atomic E-state index is -0.0856. The molecule has 0 aliphatic carbocycles. The SMILES string of the molecule is CC(C)(CN)CCCN1CCC(O)C1. The van der Waals surface area contributed by atoms with Crippen molar-refractivity contribution in [2.24, 2.45) is 11.1 Å². The smallest absolute Gasteiger partial charge is 0.0679 e. The van der Waals surface area contributed by atoms with E-state index < -0.39 is 0 Å². The Morgan fingerprint density at radius 3 is 2.71 bits per heavy atom. The van der Waals surface area contributed by atoms with Crippen LogP contribution >= 0.6 is 0 Å². The van der Waals surface area contributed by atoms with E-state index >= 15 is 0 Å². The highest BCUT2D eigenvalue weighted by atomic mass is 16.3. The van der Waals surface area contributed by atoms with Gasteiger partial charge in [0.1, 0.15) is 0 Å². The van der Waals surface area contributed by atoms with Crippen LogP contribution in [0.3, 0.4) is 0 Å². The standard InChI is InChI=1S/C11H24N2O/c1-11(2,9-12)5-3-6-13-7-4-10(14)8-13/h10,14H,3-9,12H2,1-2H3. The molecule has 0 bridgehead atoms. The predicted octanol–water partition coefficient (Wildman–Crippen LogP) is 0.818. The van der Waals surface area contributed by atoms with Crippen molar-refractivity contribution in [3.05, 3.63) is 0 Å². The highest BCUT2D eigenvalue weighted by Crippen LogP contribution is 2.21. The fourth-order valence-electron chi connectivity index (χ4n) is 1.90. The van der Waals surface area contributed by atoms with Crippen LogP contribution < -0.4 is 5.73 Å². The van der Waals surface area contributed by atoms with E-state index in [2.05, 4.69) is 18.7 Å². The minimum absolute atomic E-state index is 0.0856. The van der Waals surface area contributed by atoms with E-state index in [0.717, 1.165) is 32.6 Å². The Morgan fingerprint density at radius 1 is 1.50 bits per heavy atom. The van der Waals surface area contributed by atoms with Crippen molar-refractivity contribution in [2.45, 2.75) is 39.2 Å². The molecule has 14 heavy (non-hydrogen) atoms. The van der Waals surface area contributed by atoms with Gasteiger partial charge in [-0.3, -0.25) is 0 Å². The summed E-state index contributed by atoms with van der Waals surface area (Å²) >= 11 is 0. The summed E-state index contributed by atoms with van der Waals surface area (Å²) in [5.41, 5.74) is 5.95. The van der Waals surface area contributed by atoms with Crippen molar-refractivity contribution < 1.29 is 5.11 Å². The lowest BCUT2D eigenvalue weighted by Gasteiger charge is -2.23. The molecule has 3 nitrogen and oxygen atoms in total. The van der Waals surface area contributed by atoms with Crippen LogP contribution in [0.5, 0.6) is 0 Å². The molecule has 1 aliphatic heterocycles. The summed E-state index contributed by atoms with van der Waals surface area (Å²) in [6.07, 6.45) is 3.23. The van der Waals surface area contributed by atoms with E-state index in [-0.39, 0.29) is 11.5 Å². The molecule has 0 saturated carbocycles. The van der Waals surface area contributed by atoms with Gasteiger partial charge in [0.05, 0.1) is 6.10 Å². The zero-order valence-electron chi connectivity index (χ0n) is 9.50. The molecule has 0 spiro atoms. The predicted molar refractivity (Wildman–Crippen MR) is 59.1 cm³/mol. The van der Waals surface area contributed by atoms with Crippen molar-refractivity contribution in [1.82, 2.24) is 4.90 Å². The third-order valence-corrected chi connectivity index (χ3v) is 3.13. The molecule has 0 aromatic heterocycles. The summed E-state index contributed by atoms with van der Waals surface area (Å²) in [6, 6.07) is 0. The molecular formula is C11H24N2O. The third-order valence-electron chi connectivity index (χ3n) is 3.13. The Balaban J connectivity index is 2.10. The maximum absolute atomic E-state index is 9.34. The highest BCUT2D eigenvalue weighted by molar-refractivity contribution is 4.76. The molecule has 0 amide bonds. The molecule has 3 heteroatoms. The Kier molecular flexibility index (Phi) is 4.35. The maximum Gasteiger partial charge on any atom is 0.0679 e. The molecular weight excluding hydrogens is 176 g/mol. The van der Waals surface area contributed by atoms with E-state index in [1.54, 1.807) is 0 Å². The highest BCUT2D eigenvalue weighted by Gasteiger charge is 2.21. The number of hydrogen-bond acceptors (Lipinski definition) is 3. The molecule has 1 saturated heterocycles. The molecule has 1 fully saturated rings. The van der Waals surface area contributed by atoms with Crippen LogP contribution in [0.1, 0.15) is 33.1 Å². The molecule has 1 aliphatic rings. The van der Waals surface area contributed by atoms with E-state index in [1.807, 2.05) is 0 Å². The minimum Gasteiger partial charge on any atom is -0.392 e. The van der Waals surface area contributed by atoms with Crippen molar-refractivity contribution in [1.29, 1.82) is 0 Å². The van der Waals surface area contributed by atoms with Crippen LogP contribution in [-0.2, 0) is 0 Å². The second-order valence-corrected chi connectivity index (χ2v) is 5.21. The Hall–Kier alpha value is -0.120. The molecule has 1 atom stereocenters. The van der Waals surface area contributed by atoms with Gasteiger partial charge in [0.15, 0.2) is 0 Å². The topological polar surface area (TPSA) is 49.5 Å². The average molecular weight is 200 g/mol. The fraction of sp³-hybridized carbons (Fsp3) is 1.00. The van der Waals surface area contributed by atoms with Gasteiger partial charge in [0, 0.05) is 13.1 Å². The number of β-amino-alcohol motifs (C(OH)–C–C–N with tert-alkyl or cyclic N) is 1. The summed E-state index contributed by atoms with van der Waals surface area (Å²) in [5, 5.41) is 9.34. The lowest BCUT2D eigenvalue weighted by molar-refractivity contribution is 0.174. The van der Waals surface area contributed by atoms with Gasteiger partial charge in [0.2, 0.25) is 0 Å². The molecule has 1 rings (SSSR count). The molecule has 0 aromatic carbocycles. The summed E-state index contributed by atoms with van der Waals surface area (Å²) in [7, 11) is 0. The second-order valence-electron chi connectivity index (χ2n) is 5.21. The number of aliphatic hydroxyl groups excluding tert-OH is 1. The van der Waals surface area contributed by atoms with Crippen LogP contribution in [0, 0.1) is 5.41 Å². The Bertz CT molecular complexity index is 171. The fourth-order valence-corrected chi connectivity index (χ4v) is 1.90. The van der Waals surface area contributed by atoms with Crippen LogP contribution in [0.25, 0.3) is 0 Å². The van der Waals surface area contributed by atoms with Crippen LogP contribution in [0.2, 0.25) is 0 Å². The number of rotatable bonds is 5. The van der Waals surface area contributed by atoms with E-state index in [9.17, 15) is 5.11 Å². The summed E-state index contributed by atoms with van der Waals surface area (Å²) in [5.74, 6) is 0. The number of aliphatic hydroxyl groups is 1. The molecule has 84 valence electrons. The first kappa shape index (κ1) is 12.0. The zero-order valence-corrected chi connectivity index (χ0v) is 9.50. The summed E-state index contributed by atoms with van der Waals surface area (Å²) < 4.78 is 0. The molecule has 0 radical (unpaired) electrons. The van der Waals surface area contributed by atoms with Crippen molar-refractivity contribution in [3.8, 4) is 0 Å². The van der Waals surface area contributed by atoms with Crippen LogP contribution in [0.4, 0.5) is 0 Å². The van der Waals surface area contributed by atoms with E-state index in [1.165, 1.54) is 12.8 Å². The first-order valence-electron chi connectivity index (χ1n) is 5.64. The largest absolute Gasteiger partial charge is 0.392 e. The first-order chi connectivity index (χ1) is 6.53. The lowest BCUT2D eigenvalue weighted by atomic mass is 9.88. The average Bonchev–Trinajstić information content (AvgIpc) is 2.51. The van der Waals surface area contributed by atoms with Gasteiger partial charge < -0.3 is 15.7 Å². The number of nitrogens with two attached hydrogens (primary N) is 1. The monoisotopic (exact) mass is 200 g/mol. The molecule has 1 heterocycles. The Morgan fingerprint density at radius 2 is 2.21 bits per heavy atom. The summed E-state index contributed by atoms with van der Waals surface area (Å²) in [4.78, 5) is 2.34. The van der Waals surface area contributed by atoms with Gasteiger partial charge in [-0.2, -0.15) is 0 Å². The zero-order chi connectivity index (χ0) is 10.6. The van der Waals surface area contributed by atoms with Crippen molar-refractivity contribution >= 4 is 0 Å². The second kappa shape index (κ2) is 5.10. The van der Waals surface area contributed by atoms with E-state index in [4.69, 9.17) is 5.73 Å². The van der Waals surface area contributed by atoms with Crippen LogP contribution in [0.15, 0.2) is 0 Å². The van der Waals surface area contributed by atoms with Gasteiger partial charge in [-0.25, -0.2) is 0 Å². The lowest BCUT2D eigenvalue weighted by Crippen LogP contribution is -2.27. The Labute approximate surface area is 87.3 Å². The third kappa shape index (κ3) is 3.95. The normalized spacial score (nSPS) is 24.4. The molecule has 1 unspecified atom stereocenters. The van der Waals surface area contributed by atoms with Gasteiger partial charge >= 0.3 is 0 Å². The number of hydrogen-bond donors (Lipinski definition) is 2. The number of nitrogens with zero attached hydrogens (tertiary/aromatic N) is 1. The first-order valence-corrected chi connectivity index (χ1v) is 5.64. The van der Waals surface area contributed by atoms with Crippen molar-refractivity contribution in [3.63, 3.8) is 0 Å². The van der Waals surface area contributed by atoms with E-state index in [0.29, 0.717) is 0 Å². The van der Waals surface area contributed by atoms with Gasteiger partial charge in [0.25, 0.3) is 0 Å². The van der Waals surface area contributed by atoms with Gasteiger partial charge in [-0.1, -0.05) is 13.8 Å². The van der Waals surface area contributed by atoms with Crippen molar-refractivity contribution in [2.75, 3.05) is 26.2 Å².